The van der Waals surface area contributed by atoms with E-state index in [9.17, 15) is 4.79 Å². The van der Waals surface area contributed by atoms with Crippen LogP contribution in [0.15, 0.2) is 48.5 Å². The average molecular weight is 240 g/mol. The summed E-state index contributed by atoms with van der Waals surface area (Å²) < 4.78 is 5.66. The number of hydrogen-bond acceptors (Lipinski definition) is 2. The van der Waals surface area contributed by atoms with Gasteiger partial charge in [-0.3, -0.25) is 4.79 Å². The summed E-state index contributed by atoms with van der Waals surface area (Å²) in [4.78, 5) is 10.8. The van der Waals surface area contributed by atoms with E-state index in [0.29, 0.717) is 17.9 Å². The minimum atomic E-state index is 0.579. The van der Waals surface area contributed by atoms with E-state index in [1.807, 2.05) is 30.3 Å². The SMILES string of the molecule is Cc1ccccc1CCOc1ccccc1C=O. The van der Waals surface area contributed by atoms with E-state index < -0.39 is 0 Å². The Labute approximate surface area is 107 Å². The summed E-state index contributed by atoms with van der Waals surface area (Å²) in [5, 5.41) is 0. The minimum absolute atomic E-state index is 0.579. The topological polar surface area (TPSA) is 26.3 Å². The summed E-state index contributed by atoms with van der Waals surface area (Å²) in [7, 11) is 0. The van der Waals surface area contributed by atoms with Crippen LogP contribution in [0.4, 0.5) is 0 Å². The highest BCUT2D eigenvalue weighted by atomic mass is 16.5. The highest BCUT2D eigenvalue weighted by molar-refractivity contribution is 5.79. The van der Waals surface area contributed by atoms with Gasteiger partial charge in [-0.05, 0) is 30.2 Å². The summed E-state index contributed by atoms with van der Waals surface area (Å²) in [6.07, 6.45) is 1.67. The van der Waals surface area contributed by atoms with Crippen LogP contribution in [0.1, 0.15) is 21.5 Å². The van der Waals surface area contributed by atoms with Crippen molar-refractivity contribution >= 4 is 6.29 Å². The molecule has 0 aliphatic carbocycles. The average Bonchev–Trinajstić information content (AvgIpc) is 2.41. The van der Waals surface area contributed by atoms with Gasteiger partial charge in [0.25, 0.3) is 0 Å². The van der Waals surface area contributed by atoms with Crippen molar-refractivity contribution in [3.63, 3.8) is 0 Å². The van der Waals surface area contributed by atoms with Crippen LogP contribution in [-0.2, 0) is 6.42 Å². The Kier molecular flexibility index (Phi) is 4.13. The van der Waals surface area contributed by atoms with Gasteiger partial charge < -0.3 is 4.74 Å². The normalized spacial score (nSPS) is 10.1. The number of carbonyl (C=O) groups is 1. The van der Waals surface area contributed by atoms with Crippen molar-refractivity contribution in [2.24, 2.45) is 0 Å². The zero-order valence-corrected chi connectivity index (χ0v) is 10.4. The van der Waals surface area contributed by atoms with E-state index in [1.165, 1.54) is 11.1 Å². The maximum Gasteiger partial charge on any atom is 0.153 e. The third kappa shape index (κ3) is 2.98. The predicted octanol–water partition coefficient (Wildman–Crippen LogP) is 3.43. The molecule has 0 amide bonds. The van der Waals surface area contributed by atoms with Crippen LogP contribution in [-0.4, -0.2) is 12.9 Å². The van der Waals surface area contributed by atoms with Gasteiger partial charge in [-0.25, -0.2) is 0 Å². The lowest BCUT2D eigenvalue weighted by Gasteiger charge is -2.09. The van der Waals surface area contributed by atoms with Crippen LogP contribution in [0.3, 0.4) is 0 Å². The Morgan fingerprint density at radius 1 is 1.06 bits per heavy atom. The third-order valence-electron chi connectivity index (χ3n) is 2.94. The Morgan fingerprint density at radius 3 is 2.56 bits per heavy atom. The maximum atomic E-state index is 10.8. The van der Waals surface area contributed by atoms with Crippen molar-refractivity contribution < 1.29 is 9.53 Å². The molecule has 2 aromatic rings. The van der Waals surface area contributed by atoms with Gasteiger partial charge in [0.05, 0.1) is 12.2 Å². The molecule has 0 heterocycles. The molecular formula is C16H16O2. The molecule has 2 heteroatoms. The van der Waals surface area contributed by atoms with Crippen LogP contribution in [0, 0.1) is 6.92 Å². The molecule has 2 nitrogen and oxygen atoms in total. The Bertz CT molecular complexity index is 532. The van der Waals surface area contributed by atoms with Gasteiger partial charge in [-0.15, -0.1) is 0 Å². The predicted molar refractivity (Wildman–Crippen MR) is 72.2 cm³/mol. The second-order valence-corrected chi connectivity index (χ2v) is 4.18. The van der Waals surface area contributed by atoms with E-state index >= 15 is 0 Å². The highest BCUT2D eigenvalue weighted by Gasteiger charge is 2.02. The van der Waals surface area contributed by atoms with E-state index in [2.05, 4.69) is 19.1 Å². The van der Waals surface area contributed by atoms with Gasteiger partial charge in [-0.2, -0.15) is 0 Å². The van der Waals surface area contributed by atoms with E-state index in [-0.39, 0.29) is 0 Å². The number of aryl methyl sites for hydroxylation is 1. The summed E-state index contributed by atoms with van der Waals surface area (Å²) in [6, 6.07) is 15.5. The fourth-order valence-electron chi connectivity index (χ4n) is 1.87. The first-order valence-electron chi connectivity index (χ1n) is 6.03. The molecule has 0 unspecified atom stereocenters. The molecule has 0 saturated carbocycles. The molecule has 2 rings (SSSR count). The van der Waals surface area contributed by atoms with Crippen molar-refractivity contribution in [2.45, 2.75) is 13.3 Å². The van der Waals surface area contributed by atoms with Crippen molar-refractivity contribution in [1.29, 1.82) is 0 Å². The fourth-order valence-corrected chi connectivity index (χ4v) is 1.87. The maximum absolute atomic E-state index is 10.8. The second-order valence-electron chi connectivity index (χ2n) is 4.18. The molecule has 0 radical (unpaired) electrons. The molecule has 0 aliphatic heterocycles. The number of rotatable bonds is 5. The summed E-state index contributed by atoms with van der Waals surface area (Å²) in [6.45, 7) is 2.67. The molecule has 92 valence electrons. The molecule has 0 spiro atoms. The molecule has 18 heavy (non-hydrogen) atoms. The van der Waals surface area contributed by atoms with Crippen molar-refractivity contribution in [3.8, 4) is 5.75 Å². The number of carbonyl (C=O) groups excluding carboxylic acids is 1. The van der Waals surface area contributed by atoms with Crippen molar-refractivity contribution in [2.75, 3.05) is 6.61 Å². The number of aldehydes is 1. The monoisotopic (exact) mass is 240 g/mol. The van der Waals surface area contributed by atoms with Crippen LogP contribution in [0.2, 0.25) is 0 Å². The second kappa shape index (κ2) is 6.01. The number of hydrogen-bond donors (Lipinski definition) is 0. The number of para-hydroxylation sites is 1. The minimum Gasteiger partial charge on any atom is -0.492 e. The van der Waals surface area contributed by atoms with E-state index in [0.717, 1.165) is 12.7 Å². The van der Waals surface area contributed by atoms with Crippen LogP contribution >= 0.6 is 0 Å². The molecule has 0 saturated heterocycles. The lowest BCUT2D eigenvalue weighted by molar-refractivity contribution is 0.111. The van der Waals surface area contributed by atoms with Crippen LogP contribution < -0.4 is 4.74 Å². The van der Waals surface area contributed by atoms with E-state index in [1.54, 1.807) is 6.07 Å². The largest absolute Gasteiger partial charge is 0.492 e. The zero-order chi connectivity index (χ0) is 12.8. The van der Waals surface area contributed by atoms with Crippen molar-refractivity contribution in [3.05, 3.63) is 65.2 Å². The number of ether oxygens (including phenoxy) is 1. The van der Waals surface area contributed by atoms with Gasteiger partial charge >= 0.3 is 0 Å². The smallest absolute Gasteiger partial charge is 0.153 e. The summed E-state index contributed by atoms with van der Waals surface area (Å²) in [5.74, 6) is 0.654. The molecule has 0 N–H and O–H groups in total. The lowest BCUT2D eigenvalue weighted by Crippen LogP contribution is -2.04. The highest BCUT2D eigenvalue weighted by Crippen LogP contribution is 2.16. The quantitative estimate of drug-likeness (QED) is 0.748. The van der Waals surface area contributed by atoms with Crippen LogP contribution in [0.5, 0.6) is 5.75 Å². The molecule has 0 atom stereocenters. The van der Waals surface area contributed by atoms with Gasteiger partial charge in [0.15, 0.2) is 6.29 Å². The molecule has 0 bridgehead atoms. The first-order chi connectivity index (χ1) is 8.81. The standard InChI is InChI=1S/C16H16O2/c1-13-6-2-3-7-14(13)10-11-18-16-9-5-4-8-15(16)12-17/h2-9,12H,10-11H2,1H3. The number of benzene rings is 2. The summed E-state index contributed by atoms with van der Waals surface area (Å²) in [5.41, 5.74) is 3.15. The van der Waals surface area contributed by atoms with Crippen molar-refractivity contribution in [1.82, 2.24) is 0 Å². The van der Waals surface area contributed by atoms with Gasteiger partial charge in [0.1, 0.15) is 5.75 Å². The first kappa shape index (κ1) is 12.4. The Hall–Kier alpha value is -2.09. The third-order valence-corrected chi connectivity index (χ3v) is 2.94. The Morgan fingerprint density at radius 2 is 1.78 bits per heavy atom. The van der Waals surface area contributed by atoms with Gasteiger partial charge in [-0.1, -0.05) is 36.4 Å². The Balaban J connectivity index is 1.97. The van der Waals surface area contributed by atoms with Crippen LogP contribution in [0.25, 0.3) is 0 Å². The van der Waals surface area contributed by atoms with Gasteiger partial charge in [0.2, 0.25) is 0 Å². The van der Waals surface area contributed by atoms with Gasteiger partial charge in [0, 0.05) is 6.42 Å². The first-order valence-corrected chi connectivity index (χ1v) is 6.03. The summed E-state index contributed by atoms with van der Waals surface area (Å²) >= 11 is 0. The van der Waals surface area contributed by atoms with E-state index in [4.69, 9.17) is 4.74 Å². The molecule has 0 fully saturated rings. The lowest BCUT2D eigenvalue weighted by atomic mass is 10.1. The molecular weight excluding hydrogens is 224 g/mol. The molecule has 0 aliphatic rings. The fraction of sp³-hybridized carbons (Fsp3) is 0.188. The zero-order valence-electron chi connectivity index (χ0n) is 10.4. The molecule has 2 aromatic carbocycles. The molecule has 0 aromatic heterocycles.